The number of aromatic nitrogens is 2. The first-order valence-electron chi connectivity index (χ1n) is 11.8. The molecule has 4 rings (SSSR count). The zero-order valence-corrected chi connectivity index (χ0v) is 20.2. The molecule has 1 amide bonds. The maximum absolute atomic E-state index is 12.6. The van der Waals surface area contributed by atoms with E-state index in [1.165, 1.54) is 11.1 Å². The van der Waals surface area contributed by atoms with E-state index in [9.17, 15) is 4.79 Å². The summed E-state index contributed by atoms with van der Waals surface area (Å²) in [6.07, 6.45) is 0.963. The van der Waals surface area contributed by atoms with Gasteiger partial charge in [0.15, 0.2) is 12.4 Å². The number of benzene rings is 2. The Labute approximate surface area is 201 Å². The summed E-state index contributed by atoms with van der Waals surface area (Å²) >= 11 is 0. The van der Waals surface area contributed by atoms with Crippen LogP contribution in [0.2, 0.25) is 0 Å². The Kier molecular flexibility index (Phi) is 7.62. The standard InChI is InChI=1S/C27H32N4O3/c1-4-17-33-23-7-9-24(10-8-23)34-19-27(32)31-15-13-30(14-16-31)26-12-11-25(28-29-26)22-6-5-20(2)21(3)18-22/h5-12,18H,4,13-17,19H2,1-3H3. The minimum atomic E-state index is -0.0119. The lowest BCUT2D eigenvalue weighted by Crippen LogP contribution is -2.50. The molecule has 0 spiro atoms. The first kappa shape index (κ1) is 23.5. The van der Waals surface area contributed by atoms with Gasteiger partial charge in [-0.15, -0.1) is 10.2 Å². The minimum Gasteiger partial charge on any atom is -0.494 e. The number of aryl methyl sites for hydroxylation is 2. The molecule has 0 aliphatic carbocycles. The number of rotatable bonds is 8. The monoisotopic (exact) mass is 460 g/mol. The number of piperazine rings is 1. The van der Waals surface area contributed by atoms with Gasteiger partial charge in [-0.2, -0.15) is 0 Å². The number of hydrogen-bond donors (Lipinski definition) is 0. The van der Waals surface area contributed by atoms with E-state index in [0.717, 1.165) is 29.2 Å². The molecule has 1 saturated heterocycles. The van der Waals surface area contributed by atoms with Crippen LogP contribution in [0.4, 0.5) is 5.82 Å². The van der Waals surface area contributed by atoms with E-state index in [0.29, 0.717) is 38.5 Å². The molecule has 34 heavy (non-hydrogen) atoms. The topological polar surface area (TPSA) is 67.8 Å². The Morgan fingerprint density at radius 3 is 2.18 bits per heavy atom. The summed E-state index contributed by atoms with van der Waals surface area (Å²) in [5.74, 6) is 2.29. The van der Waals surface area contributed by atoms with Gasteiger partial charge in [0.25, 0.3) is 5.91 Å². The number of carbonyl (C=O) groups is 1. The lowest BCUT2D eigenvalue weighted by Gasteiger charge is -2.35. The van der Waals surface area contributed by atoms with Crippen LogP contribution >= 0.6 is 0 Å². The second-order valence-electron chi connectivity index (χ2n) is 8.55. The molecule has 0 radical (unpaired) electrons. The SMILES string of the molecule is CCCOc1ccc(OCC(=O)N2CCN(c3ccc(-c4ccc(C)c(C)c4)nn3)CC2)cc1. The Morgan fingerprint density at radius 2 is 1.56 bits per heavy atom. The van der Waals surface area contributed by atoms with E-state index < -0.39 is 0 Å². The number of carbonyl (C=O) groups excluding carboxylic acids is 1. The zero-order chi connectivity index (χ0) is 23.9. The molecule has 1 aliphatic heterocycles. The normalized spacial score (nSPS) is 13.6. The van der Waals surface area contributed by atoms with Crippen LogP contribution in [0.25, 0.3) is 11.3 Å². The van der Waals surface area contributed by atoms with Gasteiger partial charge in [0.05, 0.1) is 12.3 Å². The van der Waals surface area contributed by atoms with E-state index in [2.05, 4.69) is 54.1 Å². The fourth-order valence-corrected chi connectivity index (χ4v) is 3.82. The highest BCUT2D eigenvalue weighted by Crippen LogP contribution is 2.22. The summed E-state index contributed by atoms with van der Waals surface area (Å²) in [4.78, 5) is 16.6. The predicted molar refractivity (Wildman–Crippen MR) is 133 cm³/mol. The van der Waals surface area contributed by atoms with E-state index in [-0.39, 0.29) is 12.5 Å². The lowest BCUT2D eigenvalue weighted by atomic mass is 10.0. The summed E-state index contributed by atoms with van der Waals surface area (Å²) < 4.78 is 11.3. The predicted octanol–water partition coefficient (Wildman–Crippen LogP) is 4.28. The minimum absolute atomic E-state index is 0.0119. The lowest BCUT2D eigenvalue weighted by molar-refractivity contribution is -0.133. The second kappa shape index (κ2) is 11.0. The molecular formula is C27H32N4O3. The van der Waals surface area contributed by atoms with Gasteiger partial charge in [0.2, 0.25) is 0 Å². The third kappa shape index (κ3) is 5.84. The molecule has 0 atom stereocenters. The van der Waals surface area contributed by atoms with Crippen LogP contribution in [-0.2, 0) is 4.79 Å². The smallest absolute Gasteiger partial charge is 0.260 e. The van der Waals surface area contributed by atoms with Crippen LogP contribution in [0.15, 0.2) is 54.6 Å². The van der Waals surface area contributed by atoms with E-state index in [4.69, 9.17) is 9.47 Å². The number of ether oxygens (including phenoxy) is 2. The summed E-state index contributed by atoms with van der Waals surface area (Å²) in [6.45, 7) is 9.68. The van der Waals surface area contributed by atoms with Crippen molar-refractivity contribution >= 4 is 11.7 Å². The molecule has 0 bridgehead atoms. The van der Waals surface area contributed by atoms with Crippen LogP contribution in [0.1, 0.15) is 24.5 Å². The molecule has 2 aromatic carbocycles. The highest BCUT2D eigenvalue weighted by molar-refractivity contribution is 5.78. The van der Waals surface area contributed by atoms with Crippen LogP contribution in [0.5, 0.6) is 11.5 Å². The van der Waals surface area contributed by atoms with Crippen molar-refractivity contribution in [3.05, 3.63) is 65.7 Å². The average Bonchev–Trinajstić information content (AvgIpc) is 2.88. The summed E-state index contributed by atoms with van der Waals surface area (Å²) in [5, 5.41) is 8.87. The fraction of sp³-hybridized carbons (Fsp3) is 0.370. The van der Waals surface area contributed by atoms with Gasteiger partial charge in [0, 0.05) is 31.7 Å². The Morgan fingerprint density at radius 1 is 0.853 bits per heavy atom. The van der Waals surface area contributed by atoms with Gasteiger partial charge >= 0.3 is 0 Å². The van der Waals surface area contributed by atoms with Crippen molar-refractivity contribution in [1.29, 1.82) is 0 Å². The van der Waals surface area contributed by atoms with Crippen molar-refractivity contribution in [2.24, 2.45) is 0 Å². The molecule has 178 valence electrons. The Balaban J connectivity index is 1.25. The van der Waals surface area contributed by atoms with Crippen molar-refractivity contribution in [3.63, 3.8) is 0 Å². The molecule has 0 N–H and O–H groups in total. The molecule has 1 fully saturated rings. The highest BCUT2D eigenvalue weighted by atomic mass is 16.5. The van der Waals surface area contributed by atoms with Gasteiger partial charge in [0.1, 0.15) is 11.5 Å². The molecule has 3 aromatic rings. The third-order valence-corrected chi connectivity index (χ3v) is 6.07. The molecule has 0 saturated carbocycles. The van der Waals surface area contributed by atoms with Gasteiger partial charge in [-0.25, -0.2) is 0 Å². The molecule has 2 heterocycles. The van der Waals surface area contributed by atoms with Crippen molar-refractivity contribution in [2.75, 3.05) is 44.3 Å². The molecular weight excluding hydrogens is 428 g/mol. The first-order chi connectivity index (χ1) is 16.5. The van der Waals surface area contributed by atoms with Gasteiger partial charge in [-0.05, 0) is 73.9 Å². The summed E-state index contributed by atoms with van der Waals surface area (Å²) in [5.41, 5.74) is 4.44. The van der Waals surface area contributed by atoms with Crippen LogP contribution < -0.4 is 14.4 Å². The third-order valence-electron chi connectivity index (χ3n) is 6.07. The van der Waals surface area contributed by atoms with Crippen molar-refractivity contribution in [3.8, 4) is 22.8 Å². The van der Waals surface area contributed by atoms with Gasteiger partial charge in [-0.1, -0.05) is 19.1 Å². The van der Waals surface area contributed by atoms with Crippen molar-refractivity contribution in [2.45, 2.75) is 27.2 Å². The van der Waals surface area contributed by atoms with Crippen LogP contribution in [0, 0.1) is 13.8 Å². The van der Waals surface area contributed by atoms with Crippen molar-refractivity contribution < 1.29 is 14.3 Å². The first-order valence-corrected chi connectivity index (χ1v) is 11.8. The van der Waals surface area contributed by atoms with E-state index in [1.807, 2.05) is 41.3 Å². The van der Waals surface area contributed by atoms with Crippen LogP contribution in [-0.4, -0.2) is 60.4 Å². The highest BCUT2D eigenvalue weighted by Gasteiger charge is 2.22. The maximum Gasteiger partial charge on any atom is 0.260 e. The molecule has 7 heteroatoms. The summed E-state index contributed by atoms with van der Waals surface area (Å²) in [7, 11) is 0. The van der Waals surface area contributed by atoms with Crippen molar-refractivity contribution in [1.82, 2.24) is 15.1 Å². The second-order valence-corrected chi connectivity index (χ2v) is 8.55. The largest absolute Gasteiger partial charge is 0.494 e. The average molecular weight is 461 g/mol. The molecule has 7 nitrogen and oxygen atoms in total. The summed E-state index contributed by atoms with van der Waals surface area (Å²) in [6, 6.07) is 17.7. The number of hydrogen-bond acceptors (Lipinski definition) is 6. The van der Waals surface area contributed by atoms with E-state index in [1.54, 1.807) is 0 Å². The maximum atomic E-state index is 12.6. The van der Waals surface area contributed by atoms with Gasteiger partial charge < -0.3 is 19.3 Å². The van der Waals surface area contributed by atoms with E-state index >= 15 is 0 Å². The van der Waals surface area contributed by atoms with Gasteiger partial charge in [-0.3, -0.25) is 4.79 Å². The number of amides is 1. The Bertz CT molecular complexity index is 1090. The number of anilines is 1. The zero-order valence-electron chi connectivity index (χ0n) is 20.2. The number of nitrogens with zero attached hydrogens (tertiary/aromatic N) is 4. The fourth-order valence-electron chi connectivity index (χ4n) is 3.82. The molecule has 1 aromatic heterocycles. The molecule has 0 unspecified atom stereocenters. The Hall–Kier alpha value is -3.61. The molecule has 1 aliphatic rings. The quantitative estimate of drug-likeness (QED) is 0.500. The van der Waals surface area contributed by atoms with Crippen LogP contribution in [0.3, 0.4) is 0 Å².